The van der Waals surface area contributed by atoms with Crippen LogP contribution < -0.4 is 5.32 Å². The second-order valence-corrected chi connectivity index (χ2v) is 6.64. The van der Waals surface area contributed by atoms with Gasteiger partial charge in [-0.05, 0) is 58.2 Å². The molecule has 1 atom stereocenters. The fourth-order valence-electron chi connectivity index (χ4n) is 3.24. The van der Waals surface area contributed by atoms with E-state index < -0.39 is 0 Å². The Kier molecular flexibility index (Phi) is 5.62. The van der Waals surface area contributed by atoms with Crippen molar-refractivity contribution in [2.24, 2.45) is 0 Å². The average Bonchev–Trinajstić information content (AvgIpc) is 2.47. The van der Waals surface area contributed by atoms with Crippen molar-refractivity contribution in [2.45, 2.75) is 58.0 Å². The molecule has 2 rings (SSSR count). The van der Waals surface area contributed by atoms with Crippen LogP contribution in [0.5, 0.6) is 0 Å². The number of hydrogen-bond donors (Lipinski definition) is 1. The molecule has 2 heteroatoms. The normalized spacial score (nSPS) is 21.1. The number of rotatable bonds is 6. The minimum atomic E-state index is 0.296. The summed E-state index contributed by atoms with van der Waals surface area (Å²) in [5.74, 6) is 0. The summed E-state index contributed by atoms with van der Waals surface area (Å²) in [5, 5.41) is 3.62. The monoisotopic (exact) mass is 274 g/mol. The molecule has 20 heavy (non-hydrogen) atoms. The highest BCUT2D eigenvalue weighted by atomic mass is 15.2. The lowest BCUT2D eigenvalue weighted by molar-refractivity contribution is 0.0717. The molecule has 1 fully saturated rings. The Bertz CT molecular complexity index is 384. The van der Waals surface area contributed by atoms with E-state index in [1.54, 1.807) is 0 Å². The molecule has 0 aromatic heterocycles. The molecule has 1 N–H and O–H groups in total. The van der Waals surface area contributed by atoms with Crippen molar-refractivity contribution in [1.82, 2.24) is 10.2 Å². The second-order valence-electron chi connectivity index (χ2n) is 6.64. The van der Waals surface area contributed by atoms with Crippen molar-refractivity contribution < 1.29 is 0 Å². The Hall–Kier alpha value is -0.860. The first-order chi connectivity index (χ1) is 9.62. The number of hydrogen-bond acceptors (Lipinski definition) is 2. The standard InChI is InChI=1S/C18H30N2/c1-4-19-17-11-8-14-20(15-17)18(2,3)13-12-16-9-6-5-7-10-16/h5-7,9-10,17,19H,4,8,11-15H2,1-3H3. The van der Waals surface area contributed by atoms with Gasteiger partial charge >= 0.3 is 0 Å². The lowest BCUT2D eigenvalue weighted by Gasteiger charge is -2.44. The predicted molar refractivity (Wildman–Crippen MR) is 87.1 cm³/mol. The predicted octanol–water partition coefficient (Wildman–Crippen LogP) is 3.47. The molecule has 1 heterocycles. The summed E-state index contributed by atoms with van der Waals surface area (Å²) in [6.07, 6.45) is 5.07. The smallest absolute Gasteiger partial charge is 0.0195 e. The summed E-state index contributed by atoms with van der Waals surface area (Å²) in [4.78, 5) is 2.69. The van der Waals surface area contributed by atoms with E-state index in [0.717, 1.165) is 6.54 Å². The third kappa shape index (κ3) is 4.32. The van der Waals surface area contributed by atoms with Gasteiger partial charge in [-0.3, -0.25) is 4.90 Å². The number of aryl methyl sites for hydroxylation is 1. The van der Waals surface area contributed by atoms with E-state index >= 15 is 0 Å². The van der Waals surface area contributed by atoms with Gasteiger partial charge in [0.05, 0.1) is 0 Å². The quantitative estimate of drug-likeness (QED) is 0.854. The van der Waals surface area contributed by atoms with E-state index in [4.69, 9.17) is 0 Å². The molecule has 112 valence electrons. The van der Waals surface area contributed by atoms with Gasteiger partial charge in [0.25, 0.3) is 0 Å². The number of likely N-dealkylation sites (tertiary alicyclic amines) is 1. The molecule has 0 bridgehead atoms. The lowest BCUT2D eigenvalue weighted by Crippen LogP contribution is -2.54. The number of benzene rings is 1. The molecule has 1 unspecified atom stereocenters. The van der Waals surface area contributed by atoms with Gasteiger partial charge in [0.15, 0.2) is 0 Å². The van der Waals surface area contributed by atoms with Crippen LogP contribution in [0.1, 0.15) is 45.6 Å². The molecule has 0 amide bonds. The zero-order chi connectivity index (χ0) is 14.4. The van der Waals surface area contributed by atoms with Crippen LogP contribution in [0.4, 0.5) is 0 Å². The first-order valence-corrected chi connectivity index (χ1v) is 8.14. The highest BCUT2D eigenvalue weighted by molar-refractivity contribution is 5.15. The summed E-state index contributed by atoms with van der Waals surface area (Å²) in [7, 11) is 0. The van der Waals surface area contributed by atoms with E-state index in [1.165, 1.54) is 44.3 Å². The third-order valence-corrected chi connectivity index (χ3v) is 4.64. The summed E-state index contributed by atoms with van der Waals surface area (Å²) in [5.41, 5.74) is 1.75. The SMILES string of the molecule is CCNC1CCCN(C(C)(C)CCc2ccccc2)C1. The highest BCUT2D eigenvalue weighted by Gasteiger charge is 2.30. The Morgan fingerprint density at radius 2 is 2.00 bits per heavy atom. The van der Waals surface area contributed by atoms with E-state index in [1.807, 2.05) is 0 Å². The lowest BCUT2D eigenvalue weighted by atomic mass is 9.90. The molecule has 1 aromatic carbocycles. The van der Waals surface area contributed by atoms with Crippen LogP contribution in [0.15, 0.2) is 30.3 Å². The summed E-state index contributed by atoms with van der Waals surface area (Å²) in [6.45, 7) is 10.6. The fraction of sp³-hybridized carbons (Fsp3) is 0.667. The molecule has 0 aliphatic carbocycles. The first-order valence-electron chi connectivity index (χ1n) is 8.14. The number of nitrogens with one attached hydrogen (secondary N) is 1. The van der Waals surface area contributed by atoms with E-state index in [-0.39, 0.29) is 0 Å². The maximum atomic E-state index is 3.62. The molecule has 1 saturated heterocycles. The molecular weight excluding hydrogens is 244 g/mol. The highest BCUT2D eigenvalue weighted by Crippen LogP contribution is 2.25. The second kappa shape index (κ2) is 7.24. The third-order valence-electron chi connectivity index (χ3n) is 4.64. The molecule has 0 spiro atoms. The van der Waals surface area contributed by atoms with E-state index in [2.05, 4.69) is 61.3 Å². The minimum absolute atomic E-state index is 0.296. The Morgan fingerprint density at radius 1 is 1.25 bits per heavy atom. The first kappa shape index (κ1) is 15.5. The van der Waals surface area contributed by atoms with Crippen LogP contribution in [0.3, 0.4) is 0 Å². The van der Waals surface area contributed by atoms with Crippen molar-refractivity contribution in [1.29, 1.82) is 0 Å². The summed E-state index contributed by atoms with van der Waals surface area (Å²) >= 11 is 0. The summed E-state index contributed by atoms with van der Waals surface area (Å²) < 4.78 is 0. The average molecular weight is 274 g/mol. The van der Waals surface area contributed by atoms with Crippen LogP contribution in [0.25, 0.3) is 0 Å². The van der Waals surface area contributed by atoms with Gasteiger partial charge in [0, 0.05) is 18.1 Å². The zero-order valence-corrected chi connectivity index (χ0v) is 13.4. The van der Waals surface area contributed by atoms with Gasteiger partial charge in [0.1, 0.15) is 0 Å². The van der Waals surface area contributed by atoms with Crippen molar-refractivity contribution >= 4 is 0 Å². The maximum absolute atomic E-state index is 3.62. The minimum Gasteiger partial charge on any atom is -0.313 e. The van der Waals surface area contributed by atoms with Crippen LogP contribution in [0, 0.1) is 0 Å². The molecule has 1 aromatic rings. The largest absolute Gasteiger partial charge is 0.313 e. The molecule has 0 saturated carbocycles. The maximum Gasteiger partial charge on any atom is 0.0195 e. The Balaban J connectivity index is 1.88. The van der Waals surface area contributed by atoms with Crippen LogP contribution in [-0.2, 0) is 6.42 Å². The van der Waals surface area contributed by atoms with Crippen LogP contribution >= 0.6 is 0 Å². The van der Waals surface area contributed by atoms with Crippen molar-refractivity contribution in [3.8, 4) is 0 Å². The topological polar surface area (TPSA) is 15.3 Å². The van der Waals surface area contributed by atoms with Crippen molar-refractivity contribution in [3.05, 3.63) is 35.9 Å². The Labute approximate surface area is 124 Å². The number of piperidine rings is 1. The van der Waals surface area contributed by atoms with Crippen LogP contribution in [-0.4, -0.2) is 36.1 Å². The van der Waals surface area contributed by atoms with Gasteiger partial charge < -0.3 is 5.32 Å². The van der Waals surface area contributed by atoms with E-state index in [9.17, 15) is 0 Å². The molecule has 1 aliphatic heterocycles. The van der Waals surface area contributed by atoms with E-state index in [0.29, 0.717) is 11.6 Å². The molecule has 2 nitrogen and oxygen atoms in total. The Morgan fingerprint density at radius 3 is 2.70 bits per heavy atom. The van der Waals surface area contributed by atoms with Gasteiger partial charge in [-0.15, -0.1) is 0 Å². The van der Waals surface area contributed by atoms with Crippen molar-refractivity contribution in [3.63, 3.8) is 0 Å². The summed E-state index contributed by atoms with van der Waals surface area (Å²) in [6, 6.07) is 11.6. The number of likely N-dealkylation sites (N-methyl/N-ethyl adjacent to an activating group) is 1. The van der Waals surface area contributed by atoms with Crippen LogP contribution in [0.2, 0.25) is 0 Å². The van der Waals surface area contributed by atoms with Crippen molar-refractivity contribution in [2.75, 3.05) is 19.6 Å². The zero-order valence-electron chi connectivity index (χ0n) is 13.4. The molecule has 0 radical (unpaired) electrons. The molecule has 1 aliphatic rings. The van der Waals surface area contributed by atoms with Gasteiger partial charge in [-0.25, -0.2) is 0 Å². The van der Waals surface area contributed by atoms with Gasteiger partial charge in [0.2, 0.25) is 0 Å². The van der Waals surface area contributed by atoms with Gasteiger partial charge in [-0.2, -0.15) is 0 Å². The molecular formula is C18H30N2. The fourth-order valence-corrected chi connectivity index (χ4v) is 3.24. The number of nitrogens with zero attached hydrogens (tertiary/aromatic N) is 1. The van der Waals surface area contributed by atoms with Gasteiger partial charge in [-0.1, -0.05) is 37.3 Å².